The Labute approximate surface area is 89.9 Å². The van der Waals surface area contributed by atoms with Crippen LogP contribution in [0.4, 0.5) is 0 Å². The fraction of sp³-hybridized carbons (Fsp3) is 0. The van der Waals surface area contributed by atoms with E-state index in [1.54, 1.807) is 0 Å². The van der Waals surface area contributed by atoms with Crippen molar-refractivity contribution in [2.45, 2.75) is 0 Å². The van der Waals surface area contributed by atoms with Gasteiger partial charge in [0.15, 0.2) is 0 Å². The van der Waals surface area contributed by atoms with Crippen LogP contribution in [0.5, 0.6) is 0 Å². The van der Waals surface area contributed by atoms with Crippen molar-refractivity contribution in [3.8, 4) is 0 Å². The first kappa shape index (κ1) is 9.51. The van der Waals surface area contributed by atoms with Gasteiger partial charge in [0.2, 0.25) is 0 Å². The zero-order valence-electron chi connectivity index (χ0n) is 8.53. The molecule has 0 bridgehead atoms. The van der Waals surface area contributed by atoms with Crippen molar-refractivity contribution < 1.29 is 0 Å². The summed E-state index contributed by atoms with van der Waals surface area (Å²) in [4.78, 5) is 0. The first-order valence-corrected chi connectivity index (χ1v) is 4.86. The molecule has 0 heterocycles. The standard InChI is InChI=1S/C15H12/c1-3-7-13-11-15-9-6-5-8-14(15)10-12(13)4-2/h4-11H,1-2H2. The monoisotopic (exact) mass is 192 g/mol. The average Bonchev–Trinajstić information content (AvgIpc) is 2.28. The van der Waals surface area contributed by atoms with Crippen molar-refractivity contribution >= 4 is 22.9 Å². The van der Waals surface area contributed by atoms with Gasteiger partial charge in [-0.3, -0.25) is 0 Å². The van der Waals surface area contributed by atoms with Crippen molar-refractivity contribution in [2.75, 3.05) is 0 Å². The Morgan fingerprint density at radius 2 is 1.60 bits per heavy atom. The third-order valence-electron chi connectivity index (χ3n) is 2.43. The van der Waals surface area contributed by atoms with Gasteiger partial charge in [0, 0.05) is 0 Å². The smallest absolute Gasteiger partial charge is 0.0101 e. The van der Waals surface area contributed by atoms with Crippen LogP contribution in [0.15, 0.2) is 55.3 Å². The van der Waals surface area contributed by atoms with Crippen LogP contribution >= 0.6 is 0 Å². The third-order valence-corrected chi connectivity index (χ3v) is 2.43. The Balaban J connectivity index is 2.79. The van der Waals surface area contributed by atoms with Crippen LogP contribution in [-0.4, -0.2) is 0 Å². The Morgan fingerprint density at radius 3 is 2.13 bits per heavy atom. The van der Waals surface area contributed by atoms with E-state index >= 15 is 0 Å². The van der Waals surface area contributed by atoms with Gasteiger partial charge in [-0.25, -0.2) is 0 Å². The number of rotatable bonds is 2. The molecule has 0 N–H and O–H groups in total. The summed E-state index contributed by atoms with van der Waals surface area (Å²) in [7, 11) is 0. The Bertz CT molecular complexity index is 555. The molecule has 0 nitrogen and oxygen atoms in total. The van der Waals surface area contributed by atoms with Crippen LogP contribution < -0.4 is 0 Å². The van der Waals surface area contributed by atoms with Crippen molar-refractivity contribution in [3.05, 3.63) is 66.4 Å². The van der Waals surface area contributed by atoms with Crippen LogP contribution in [0, 0.1) is 0 Å². The minimum Gasteiger partial charge on any atom is -0.128 e. The van der Waals surface area contributed by atoms with Crippen LogP contribution in [0.2, 0.25) is 0 Å². The van der Waals surface area contributed by atoms with Gasteiger partial charge in [-0.15, -0.1) is 5.73 Å². The Kier molecular flexibility index (Phi) is 2.53. The van der Waals surface area contributed by atoms with Crippen LogP contribution in [0.25, 0.3) is 22.9 Å². The highest BCUT2D eigenvalue weighted by molar-refractivity contribution is 5.88. The second-order valence-electron chi connectivity index (χ2n) is 3.38. The van der Waals surface area contributed by atoms with Gasteiger partial charge in [-0.05, 0) is 40.1 Å². The number of hydrogen-bond donors (Lipinski definition) is 0. The van der Waals surface area contributed by atoms with E-state index in [9.17, 15) is 0 Å². The molecular weight excluding hydrogens is 180 g/mol. The zero-order chi connectivity index (χ0) is 10.7. The minimum atomic E-state index is 1.11. The maximum atomic E-state index is 3.81. The molecule has 2 rings (SSSR count). The highest BCUT2D eigenvalue weighted by Crippen LogP contribution is 2.21. The van der Waals surface area contributed by atoms with E-state index in [0.29, 0.717) is 0 Å². The molecule has 0 unspecified atom stereocenters. The second-order valence-corrected chi connectivity index (χ2v) is 3.38. The summed E-state index contributed by atoms with van der Waals surface area (Å²) in [6.45, 7) is 7.41. The van der Waals surface area contributed by atoms with Gasteiger partial charge in [0.25, 0.3) is 0 Å². The summed E-state index contributed by atoms with van der Waals surface area (Å²) in [6.07, 6.45) is 3.74. The largest absolute Gasteiger partial charge is 0.128 e. The van der Waals surface area contributed by atoms with Crippen LogP contribution in [-0.2, 0) is 0 Å². The fourth-order valence-electron chi connectivity index (χ4n) is 1.69. The number of benzene rings is 2. The van der Waals surface area contributed by atoms with Crippen molar-refractivity contribution in [1.82, 2.24) is 0 Å². The van der Waals surface area contributed by atoms with Gasteiger partial charge >= 0.3 is 0 Å². The van der Waals surface area contributed by atoms with E-state index in [1.165, 1.54) is 10.8 Å². The predicted octanol–water partition coefficient (Wildman–Crippen LogP) is 4.28. The van der Waals surface area contributed by atoms with Gasteiger partial charge in [-0.1, -0.05) is 43.5 Å². The Hall–Kier alpha value is -2.04. The lowest BCUT2D eigenvalue weighted by Gasteiger charge is -2.03. The molecule has 0 aliphatic carbocycles. The average molecular weight is 192 g/mol. The summed E-state index contributed by atoms with van der Waals surface area (Å²) in [5.41, 5.74) is 5.03. The second kappa shape index (κ2) is 4.00. The molecule has 2 aromatic rings. The van der Waals surface area contributed by atoms with Gasteiger partial charge in [0.05, 0.1) is 0 Å². The van der Waals surface area contributed by atoms with Crippen molar-refractivity contribution in [3.63, 3.8) is 0 Å². The van der Waals surface area contributed by atoms with Crippen LogP contribution in [0.1, 0.15) is 11.1 Å². The molecular formula is C15H12. The molecule has 2 aromatic carbocycles. The van der Waals surface area contributed by atoms with Gasteiger partial charge in [-0.2, -0.15) is 0 Å². The van der Waals surface area contributed by atoms with Crippen molar-refractivity contribution in [1.29, 1.82) is 0 Å². The van der Waals surface area contributed by atoms with E-state index in [2.05, 4.69) is 43.2 Å². The summed E-state index contributed by atoms with van der Waals surface area (Å²) >= 11 is 0. The molecule has 0 aromatic heterocycles. The van der Waals surface area contributed by atoms with E-state index in [1.807, 2.05) is 24.3 Å². The molecule has 0 saturated heterocycles. The lowest BCUT2D eigenvalue weighted by Crippen LogP contribution is -1.81. The number of hydrogen-bond acceptors (Lipinski definition) is 0. The summed E-state index contributed by atoms with van der Waals surface area (Å²) in [5, 5.41) is 2.46. The maximum absolute atomic E-state index is 3.81. The SMILES string of the molecule is C=C=Cc1cc2ccccc2cc1C=C. The van der Waals surface area contributed by atoms with Gasteiger partial charge in [0.1, 0.15) is 0 Å². The first-order valence-electron chi connectivity index (χ1n) is 4.86. The maximum Gasteiger partial charge on any atom is -0.0101 e. The van der Waals surface area contributed by atoms with E-state index in [-0.39, 0.29) is 0 Å². The fourth-order valence-corrected chi connectivity index (χ4v) is 1.69. The predicted molar refractivity (Wildman–Crippen MR) is 67.6 cm³/mol. The van der Waals surface area contributed by atoms with Gasteiger partial charge < -0.3 is 0 Å². The first-order chi connectivity index (χ1) is 7.35. The molecule has 15 heavy (non-hydrogen) atoms. The molecule has 0 saturated carbocycles. The molecule has 0 spiro atoms. The zero-order valence-corrected chi connectivity index (χ0v) is 8.53. The molecule has 0 heteroatoms. The van der Waals surface area contributed by atoms with Crippen LogP contribution in [0.3, 0.4) is 0 Å². The molecule has 72 valence electrons. The normalized spacial score (nSPS) is 9.60. The number of fused-ring (bicyclic) bond motifs is 1. The molecule has 0 aliphatic heterocycles. The highest BCUT2D eigenvalue weighted by atomic mass is 14.0. The van der Waals surface area contributed by atoms with E-state index in [4.69, 9.17) is 0 Å². The molecule has 0 aliphatic rings. The lowest BCUT2D eigenvalue weighted by atomic mass is 10.0. The molecule has 0 fully saturated rings. The van der Waals surface area contributed by atoms with E-state index in [0.717, 1.165) is 11.1 Å². The highest BCUT2D eigenvalue weighted by Gasteiger charge is 1.98. The molecule has 0 atom stereocenters. The van der Waals surface area contributed by atoms with Crippen molar-refractivity contribution in [2.24, 2.45) is 0 Å². The van der Waals surface area contributed by atoms with E-state index < -0.39 is 0 Å². The minimum absolute atomic E-state index is 1.11. The summed E-state index contributed by atoms with van der Waals surface area (Å²) in [5.74, 6) is 0. The molecule has 0 radical (unpaired) electrons. The Morgan fingerprint density at radius 1 is 1.00 bits per heavy atom. The summed E-state index contributed by atoms with van der Waals surface area (Å²) < 4.78 is 0. The lowest BCUT2D eigenvalue weighted by molar-refractivity contribution is 1.66. The third kappa shape index (κ3) is 1.76. The quantitative estimate of drug-likeness (QED) is 0.623. The molecule has 0 amide bonds. The summed E-state index contributed by atoms with van der Waals surface area (Å²) in [6, 6.07) is 12.5. The topological polar surface area (TPSA) is 0 Å².